The molecule has 0 spiro atoms. The molecule has 3 aromatic rings. The van der Waals surface area contributed by atoms with Gasteiger partial charge in [-0.2, -0.15) is 17.8 Å². The molecule has 0 bridgehead atoms. The van der Waals surface area contributed by atoms with Crippen molar-refractivity contribution in [2.75, 3.05) is 7.05 Å². The van der Waals surface area contributed by atoms with Crippen LogP contribution in [-0.2, 0) is 16.8 Å². The first kappa shape index (κ1) is 20.2. The number of hydrogen-bond acceptors (Lipinski definition) is 6. The van der Waals surface area contributed by atoms with Crippen molar-refractivity contribution in [3.8, 4) is 5.69 Å². The molecular weight excluding hydrogens is 398 g/mol. The second kappa shape index (κ2) is 8.20. The highest BCUT2D eigenvalue weighted by Gasteiger charge is 2.23. The number of hydrogen-bond donors (Lipinski definition) is 1. The molecular formula is C18H17N5O5S. The van der Waals surface area contributed by atoms with Gasteiger partial charge in [0.2, 0.25) is 0 Å². The molecule has 0 saturated carbocycles. The van der Waals surface area contributed by atoms with Gasteiger partial charge in [0.1, 0.15) is 0 Å². The van der Waals surface area contributed by atoms with Crippen LogP contribution in [0, 0.1) is 10.1 Å². The van der Waals surface area contributed by atoms with Crippen LogP contribution in [0.4, 0.5) is 5.69 Å². The molecule has 0 fully saturated rings. The van der Waals surface area contributed by atoms with Gasteiger partial charge in [0.15, 0.2) is 5.69 Å². The number of nitrogens with one attached hydrogen (secondary N) is 1. The Kier molecular flexibility index (Phi) is 5.71. The van der Waals surface area contributed by atoms with Crippen LogP contribution >= 0.6 is 0 Å². The lowest BCUT2D eigenvalue weighted by Crippen LogP contribution is -2.41. The molecule has 2 aromatic carbocycles. The molecule has 0 aliphatic carbocycles. The number of benzene rings is 2. The number of carbonyl (C=O) groups is 1. The van der Waals surface area contributed by atoms with Crippen LogP contribution in [-0.4, -0.2) is 40.4 Å². The highest BCUT2D eigenvalue weighted by Crippen LogP contribution is 2.16. The molecule has 0 saturated heterocycles. The molecule has 3 rings (SSSR count). The zero-order valence-electron chi connectivity index (χ0n) is 15.3. The lowest BCUT2D eigenvalue weighted by atomic mass is 10.2. The van der Waals surface area contributed by atoms with Gasteiger partial charge in [-0.3, -0.25) is 14.9 Å². The predicted molar refractivity (Wildman–Crippen MR) is 105 cm³/mol. The van der Waals surface area contributed by atoms with Crippen LogP contribution in [0.2, 0.25) is 0 Å². The molecule has 1 amide bonds. The Morgan fingerprint density at radius 1 is 1.17 bits per heavy atom. The van der Waals surface area contributed by atoms with E-state index in [9.17, 15) is 23.3 Å². The van der Waals surface area contributed by atoms with Crippen LogP contribution in [0.3, 0.4) is 0 Å². The minimum atomic E-state index is -4.08. The van der Waals surface area contributed by atoms with Crippen LogP contribution < -0.4 is 4.72 Å². The van der Waals surface area contributed by atoms with Gasteiger partial charge < -0.3 is 0 Å². The second-order valence-electron chi connectivity index (χ2n) is 6.10. The molecule has 10 nitrogen and oxygen atoms in total. The van der Waals surface area contributed by atoms with Crippen molar-refractivity contribution >= 4 is 21.8 Å². The zero-order chi connectivity index (χ0) is 21.0. The fourth-order valence-electron chi connectivity index (χ4n) is 2.51. The monoisotopic (exact) mass is 415 g/mol. The predicted octanol–water partition coefficient (Wildman–Crippen LogP) is 1.89. The second-order valence-corrected chi connectivity index (χ2v) is 7.88. The Morgan fingerprint density at radius 3 is 2.59 bits per heavy atom. The lowest BCUT2D eigenvalue weighted by molar-refractivity contribution is -0.384. The highest BCUT2D eigenvalue weighted by atomic mass is 32.2. The van der Waals surface area contributed by atoms with E-state index in [2.05, 4.69) is 5.10 Å². The van der Waals surface area contributed by atoms with Crippen molar-refractivity contribution < 1.29 is 18.1 Å². The molecule has 150 valence electrons. The third-order valence-electron chi connectivity index (χ3n) is 4.01. The zero-order valence-corrected chi connectivity index (χ0v) is 16.1. The lowest BCUT2D eigenvalue weighted by Gasteiger charge is -2.17. The summed E-state index contributed by atoms with van der Waals surface area (Å²) in [6, 6.07) is 15.9. The fourth-order valence-corrected chi connectivity index (χ4v) is 3.32. The topological polar surface area (TPSA) is 127 Å². The van der Waals surface area contributed by atoms with Crippen molar-refractivity contribution in [1.29, 1.82) is 0 Å². The first-order chi connectivity index (χ1) is 13.8. The average Bonchev–Trinajstić information content (AvgIpc) is 3.19. The number of aromatic nitrogens is 2. The molecule has 0 aliphatic heterocycles. The first-order valence-electron chi connectivity index (χ1n) is 8.39. The molecule has 0 atom stereocenters. The summed E-state index contributed by atoms with van der Waals surface area (Å²) >= 11 is 0. The maximum Gasteiger partial charge on any atom is 0.304 e. The minimum absolute atomic E-state index is 0.0889. The number of nitrogens with zero attached hydrogens (tertiary/aromatic N) is 4. The smallest absolute Gasteiger partial charge is 0.266 e. The average molecular weight is 415 g/mol. The van der Waals surface area contributed by atoms with Gasteiger partial charge in [0, 0.05) is 31.9 Å². The Morgan fingerprint density at radius 2 is 1.90 bits per heavy atom. The number of nitro benzene ring substituents is 1. The van der Waals surface area contributed by atoms with Gasteiger partial charge in [-0.1, -0.05) is 36.4 Å². The fraction of sp³-hybridized carbons (Fsp3) is 0.111. The molecule has 0 aliphatic rings. The summed E-state index contributed by atoms with van der Waals surface area (Å²) < 4.78 is 29.0. The van der Waals surface area contributed by atoms with Gasteiger partial charge in [-0.05, 0) is 17.7 Å². The summed E-state index contributed by atoms with van der Waals surface area (Å²) in [6.45, 7) is 0.0889. The largest absolute Gasteiger partial charge is 0.304 e. The summed E-state index contributed by atoms with van der Waals surface area (Å²) in [5, 5.41) is 14.9. The Balaban J connectivity index is 1.73. The number of carbonyl (C=O) groups excluding carboxylic acids is 1. The van der Waals surface area contributed by atoms with Gasteiger partial charge in [-0.25, -0.2) is 9.40 Å². The highest BCUT2D eigenvalue weighted by molar-refractivity contribution is 7.87. The SMILES string of the molecule is CN(Cc1ccccc1)S(=O)(=O)NC(=O)c1ccn(-c2cccc([N+](=O)[O-])c2)n1. The van der Waals surface area contributed by atoms with Crippen LogP contribution in [0.5, 0.6) is 0 Å². The molecule has 1 N–H and O–H groups in total. The van der Waals surface area contributed by atoms with Crippen LogP contribution in [0.25, 0.3) is 5.69 Å². The standard InChI is InChI=1S/C18H17N5O5S/c1-21(13-14-6-3-2-4-7-14)29(27,28)20-18(24)17-10-11-22(19-17)15-8-5-9-16(12-15)23(25)26/h2-12H,13H2,1H3,(H,20,24). The Hall–Kier alpha value is -3.57. The quantitative estimate of drug-likeness (QED) is 0.464. The van der Waals surface area contributed by atoms with E-state index >= 15 is 0 Å². The number of amides is 1. The first-order valence-corrected chi connectivity index (χ1v) is 9.83. The summed E-state index contributed by atoms with van der Waals surface area (Å²) in [5.41, 5.74) is 0.854. The molecule has 29 heavy (non-hydrogen) atoms. The van der Waals surface area contributed by atoms with Crippen molar-refractivity contribution in [3.05, 3.63) is 88.2 Å². The molecule has 0 radical (unpaired) electrons. The summed E-state index contributed by atoms with van der Waals surface area (Å²) in [6.07, 6.45) is 1.41. The Bertz CT molecular complexity index is 1140. The third-order valence-corrected chi connectivity index (χ3v) is 5.40. The summed E-state index contributed by atoms with van der Waals surface area (Å²) in [7, 11) is -2.73. The number of non-ortho nitro benzene ring substituents is 1. The molecule has 1 aromatic heterocycles. The van der Waals surface area contributed by atoms with Gasteiger partial charge in [-0.15, -0.1) is 0 Å². The summed E-state index contributed by atoms with van der Waals surface area (Å²) in [5.74, 6) is -0.908. The van der Waals surface area contributed by atoms with Gasteiger partial charge >= 0.3 is 10.2 Å². The summed E-state index contributed by atoms with van der Waals surface area (Å²) in [4.78, 5) is 22.7. The van der Waals surface area contributed by atoms with Crippen molar-refractivity contribution in [3.63, 3.8) is 0 Å². The van der Waals surface area contributed by atoms with E-state index in [0.29, 0.717) is 5.69 Å². The van der Waals surface area contributed by atoms with Crippen LogP contribution in [0.1, 0.15) is 16.1 Å². The van der Waals surface area contributed by atoms with Crippen molar-refractivity contribution in [1.82, 2.24) is 18.8 Å². The van der Waals surface area contributed by atoms with Crippen molar-refractivity contribution in [2.45, 2.75) is 6.54 Å². The minimum Gasteiger partial charge on any atom is -0.266 e. The van der Waals surface area contributed by atoms with E-state index in [1.807, 2.05) is 10.8 Å². The van der Waals surface area contributed by atoms with E-state index in [-0.39, 0.29) is 17.9 Å². The van der Waals surface area contributed by atoms with E-state index < -0.39 is 21.0 Å². The maximum absolute atomic E-state index is 12.4. The number of rotatable bonds is 7. The van der Waals surface area contributed by atoms with Crippen molar-refractivity contribution in [2.24, 2.45) is 0 Å². The number of nitro groups is 1. The van der Waals surface area contributed by atoms with Crippen LogP contribution in [0.15, 0.2) is 66.9 Å². The molecule has 1 heterocycles. The third kappa shape index (κ3) is 4.83. The normalized spacial score (nSPS) is 11.4. The van der Waals surface area contributed by atoms with E-state index in [0.717, 1.165) is 9.87 Å². The van der Waals surface area contributed by atoms with Gasteiger partial charge in [0.25, 0.3) is 11.6 Å². The molecule has 11 heteroatoms. The van der Waals surface area contributed by atoms with E-state index in [1.54, 1.807) is 30.3 Å². The van der Waals surface area contributed by atoms with Gasteiger partial charge in [0.05, 0.1) is 10.6 Å². The maximum atomic E-state index is 12.4. The molecule has 0 unspecified atom stereocenters. The van der Waals surface area contributed by atoms with E-state index in [4.69, 9.17) is 0 Å². The van der Waals surface area contributed by atoms with E-state index in [1.165, 1.54) is 42.2 Å². The Labute approximate surface area is 166 Å².